The largest absolute Gasteiger partial charge is 0.384 e. The smallest absolute Gasteiger partial charge is 0.0992 e. The molecule has 1 heterocycles. The average molecular weight is 264 g/mol. The van der Waals surface area contributed by atoms with Gasteiger partial charge in [0.15, 0.2) is 0 Å². The molecule has 4 nitrogen and oxygen atoms in total. The van der Waals surface area contributed by atoms with Crippen molar-refractivity contribution in [3.8, 4) is 0 Å². The topological polar surface area (TPSA) is 44.7 Å². The molecule has 2 rings (SSSR count). The molecule has 0 saturated carbocycles. The van der Waals surface area contributed by atoms with Crippen molar-refractivity contribution in [1.82, 2.24) is 10.2 Å². The van der Waals surface area contributed by atoms with Crippen LogP contribution in [0.25, 0.3) is 0 Å². The SMILES string of the molecule is CN1CCOC(CNCC(C)(O)c2ccccc2)C1. The molecule has 1 aliphatic heterocycles. The van der Waals surface area contributed by atoms with Gasteiger partial charge in [0.05, 0.1) is 18.3 Å². The Morgan fingerprint density at radius 1 is 1.42 bits per heavy atom. The van der Waals surface area contributed by atoms with Crippen molar-refractivity contribution in [2.24, 2.45) is 0 Å². The van der Waals surface area contributed by atoms with Gasteiger partial charge in [-0.05, 0) is 19.5 Å². The lowest BCUT2D eigenvalue weighted by Gasteiger charge is -2.31. The first kappa shape index (κ1) is 14.5. The summed E-state index contributed by atoms with van der Waals surface area (Å²) in [7, 11) is 2.11. The predicted octanol–water partition coefficient (Wildman–Crippen LogP) is 0.814. The number of benzene rings is 1. The van der Waals surface area contributed by atoms with Gasteiger partial charge in [-0.2, -0.15) is 0 Å². The van der Waals surface area contributed by atoms with E-state index in [2.05, 4.69) is 17.3 Å². The first-order valence-corrected chi connectivity index (χ1v) is 6.87. The molecule has 0 aliphatic carbocycles. The number of morpholine rings is 1. The van der Waals surface area contributed by atoms with Crippen LogP contribution in [0.3, 0.4) is 0 Å². The molecule has 1 aromatic rings. The molecule has 1 saturated heterocycles. The van der Waals surface area contributed by atoms with Gasteiger partial charge in [-0.15, -0.1) is 0 Å². The number of nitrogens with one attached hydrogen (secondary N) is 1. The third kappa shape index (κ3) is 4.28. The molecule has 19 heavy (non-hydrogen) atoms. The highest BCUT2D eigenvalue weighted by atomic mass is 16.5. The van der Waals surface area contributed by atoms with Crippen molar-refractivity contribution in [2.75, 3.05) is 39.8 Å². The highest BCUT2D eigenvalue weighted by Gasteiger charge is 2.23. The van der Waals surface area contributed by atoms with Crippen LogP contribution in [-0.2, 0) is 10.3 Å². The van der Waals surface area contributed by atoms with E-state index in [1.807, 2.05) is 37.3 Å². The number of aliphatic hydroxyl groups is 1. The van der Waals surface area contributed by atoms with Crippen LogP contribution in [0.1, 0.15) is 12.5 Å². The molecule has 106 valence electrons. The van der Waals surface area contributed by atoms with Gasteiger partial charge in [-0.1, -0.05) is 30.3 Å². The van der Waals surface area contributed by atoms with Gasteiger partial charge in [0.2, 0.25) is 0 Å². The fourth-order valence-electron chi connectivity index (χ4n) is 2.37. The second-order valence-electron chi connectivity index (χ2n) is 5.53. The van der Waals surface area contributed by atoms with E-state index in [-0.39, 0.29) is 6.10 Å². The highest BCUT2D eigenvalue weighted by Crippen LogP contribution is 2.18. The Morgan fingerprint density at radius 2 is 2.16 bits per heavy atom. The third-order valence-corrected chi connectivity index (χ3v) is 3.58. The van der Waals surface area contributed by atoms with E-state index in [1.165, 1.54) is 0 Å². The van der Waals surface area contributed by atoms with E-state index < -0.39 is 5.60 Å². The molecule has 1 fully saturated rings. The third-order valence-electron chi connectivity index (χ3n) is 3.58. The van der Waals surface area contributed by atoms with E-state index in [4.69, 9.17) is 4.74 Å². The Bertz CT molecular complexity index is 381. The van der Waals surface area contributed by atoms with Crippen LogP contribution in [0.5, 0.6) is 0 Å². The first-order chi connectivity index (χ1) is 9.08. The Morgan fingerprint density at radius 3 is 2.84 bits per heavy atom. The molecule has 2 atom stereocenters. The fourth-order valence-corrected chi connectivity index (χ4v) is 2.37. The Labute approximate surface area is 115 Å². The van der Waals surface area contributed by atoms with Crippen molar-refractivity contribution in [2.45, 2.75) is 18.6 Å². The second-order valence-corrected chi connectivity index (χ2v) is 5.53. The zero-order valence-corrected chi connectivity index (χ0v) is 11.8. The summed E-state index contributed by atoms with van der Waals surface area (Å²) in [5, 5.41) is 13.8. The standard InChI is InChI=1S/C15H24N2O2/c1-15(18,13-6-4-3-5-7-13)12-16-10-14-11-17(2)8-9-19-14/h3-7,14,16,18H,8-12H2,1-2H3. The average Bonchev–Trinajstić information content (AvgIpc) is 2.40. The Kier molecular flexibility index (Phi) is 4.93. The predicted molar refractivity (Wildman–Crippen MR) is 76.1 cm³/mol. The zero-order chi connectivity index (χ0) is 13.7. The monoisotopic (exact) mass is 264 g/mol. The van der Waals surface area contributed by atoms with E-state index >= 15 is 0 Å². The molecular formula is C15H24N2O2. The summed E-state index contributed by atoms with van der Waals surface area (Å²) in [6.45, 7) is 5.87. The fraction of sp³-hybridized carbons (Fsp3) is 0.600. The highest BCUT2D eigenvalue weighted by molar-refractivity contribution is 5.21. The van der Waals surface area contributed by atoms with E-state index in [9.17, 15) is 5.11 Å². The maximum absolute atomic E-state index is 10.5. The first-order valence-electron chi connectivity index (χ1n) is 6.87. The lowest BCUT2D eigenvalue weighted by Crippen LogP contribution is -2.47. The molecule has 1 aliphatic rings. The zero-order valence-electron chi connectivity index (χ0n) is 11.8. The van der Waals surface area contributed by atoms with Crippen LogP contribution >= 0.6 is 0 Å². The van der Waals surface area contributed by atoms with Gasteiger partial charge in [-0.25, -0.2) is 0 Å². The van der Waals surface area contributed by atoms with Gasteiger partial charge >= 0.3 is 0 Å². The van der Waals surface area contributed by atoms with E-state index in [1.54, 1.807) is 0 Å². The molecule has 4 heteroatoms. The number of nitrogens with zero attached hydrogens (tertiary/aromatic N) is 1. The summed E-state index contributed by atoms with van der Waals surface area (Å²) in [6, 6.07) is 9.75. The minimum absolute atomic E-state index is 0.213. The van der Waals surface area contributed by atoms with Crippen LogP contribution in [0.2, 0.25) is 0 Å². The second kappa shape index (κ2) is 6.48. The molecule has 0 aromatic heterocycles. The number of hydrogen-bond acceptors (Lipinski definition) is 4. The molecule has 1 aromatic carbocycles. The molecule has 0 spiro atoms. The van der Waals surface area contributed by atoms with Gasteiger partial charge in [-0.3, -0.25) is 0 Å². The van der Waals surface area contributed by atoms with Gasteiger partial charge in [0, 0.05) is 26.2 Å². The van der Waals surface area contributed by atoms with Crippen LogP contribution in [-0.4, -0.2) is 55.9 Å². The van der Waals surface area contributed by atoms with Crippen LogP contribution in [0.4, 0.5) is 0 Å². The van der Waals surface area contributed by atoms with Crippen molar-refractivity contribution in [3.05, 3.63) is 35.9 Å². The Hall–Kier alpha value is -0.940. The maximum Gasteiger partial charge on any atom is 0.0992 e. The number of likely N-dealkylation sites (N-methyl/N-ethyl adjacent to an activating group) is 1. The number of rotatable bonds is 5. The normalized spacial score (nSPS) is 24.1. The summed E-state index contributed by atoms with van der Waals surface area (Å²) >= 11 is 0. The van der Waals surface area contributed by atoms with Crippen molar-refractivity contribution in [1.29, 1.82) is 0 Å². The summed E-state index contributed by atoms with van der Waals surface area (Å²) in [5.41, 5.74) is 0.0890. The minimum atomic E-state index is -0.845. The van der Waals surface area contributed by atoms with Crippen molar-refractivity contribution >= 4 is 0 Å². The number of ether oxygens (including phenoxy) is 1. The molecule has 0 bridgehead atoms. The molecule has 2 N–H and O–H groups in total. The molecular weight excluding hydrogens is 240 g/mol. The Balaban J connectivity index is 1.78. The van der Waals surface area contributed by atoms with Crippen LogP contribution in [0, 0.1) is 0 Å². The van der Waals surface area contributed by atoms with Gasteiger partial charge < -0.3 is 20.1 Å². The summed E-state index contributed by atoms with van der Waals surface area (Å²) < 4.78 is 5.68. The van der Waals surface area contributed by atoms with Crippen molar-refractivity contribution in [3.63, 3.8) is 0 Å². The van der Waals surface area contributed by atoms with Crippen molar-refractivity contribution < 1.29 is 9.84 Å². The lowest BCUT2D eigenvalue weighted by molar-refractivity contribution is -0.0220. The summed E-state index contributed by atoms with van der Waals surface area (Å²) in [5.74, 6) is 0. The molecule has 0 amide bonds. The van der Waals surface area contributed by atoms with Crippen LogP contribution < -0.4 is 5.32 Å². The van der Waals surface area contributed by atoms with E-state index in [0.29, 0.717) is 6.54 Å². The quantitative estimate of drug-likeness (QED) is 0.826. The van der Waals surface area contributed by atoms with Gasteiger partial charge in [0.25, 0.3) is 0 Å². The maximum atomic E-state index is 10.5. The summed E-state index contributed by atoms with van der Waals surface area (Å²) in [4.78, 5) is 2.27. The minimum Gasteiger partial charge on any atom is -0.384 e. The molecule has 2 unspecified atom stereocenters. The van der Waals surface area contributed by atoms with Gasteiger partial charge in [0.1, 0.15) is 0 Å². The van der Waals surface area contributed by atoms with E-state index in [0.717, 1.165) is 31.8 Å². The van der Waals surface area contributed by atoms with Crippen LogP contribution in [0.15, 0.2) is 30.3 Å². The molecule has 0 radical (unpaired) electrons. The number of hydrogen-bond donors (Lipinski definition) is 2. The lowest BCUT2D eigenvalue weighted by atomic mass is 9.96. The summed E-state index contributed by atoms with van der Waals surface area (Å²) in [6.07, 6.45) is 0.213.